The molecule has 2 rings (SSSR count). The molecule has 1 saturated carbocycles. The van der Waals surface area contributed by atoms with Gasteiger partial charge in [-0.05, 0) is 75.9 Å². The maximum absolute atomic E-state index is 3.76. The second kappa shape index (κ2) is 9.15. The van der Waals surface area contributed by atoms with Gasteiger partial charge in [0.05, 0.1) is 0 Å². The van der Waals surface area contributed by atoms with Gasteiger partial charge in [-0.2, -0.15) is 0 Å². The van der Waals surface area contributed by atoms with Gasteiger partial charge < -0.3 is 10.2 Å². The van der Waals surface area contributed by atoms with Crippen LogP contribution in [0.25, 0.3) is 0 Å². The Bertz CT molecular complexity index is 279. The highest BCUT2D eigenvalue weighted by molar-refractivity contribution is 4.86. The van der Waals surface area contributed by atoms with Crippen LogP contribution in [0.2, 0.25) is 0 Å². The van der Waals surface area contributed by atoms with Gasteiger partial charge in [-0.1, -0.05) is 33.6 Å². The predicted molar refractivity (Wildman–Crippen MR) is 92.7 cm³/mol. The molecule has 0 aromatic heterocycles. The van der Waals surface area contributed by atoms with Gasteiger partial charge in [0.1, 0.15) is 0 Å². The Kier molecular flexibility index (Phi) is 7.53. The van der Waals surface area contributed by atoms with Crippen LogP contribution in [0.4, 0.5) is 0 Å². The number of likely N-dealkylation sites (tertiary alicyclic amines) is 1. The van der Waals surface area contributed by atoms with Crippen LogP contribution in [-0.4, -0.2) is 37.1 Å². The normalized spacial score (nSPS) is 35.6. The molecule has 0 spiro atoms. The highest BCUT2D eigenvalue weighted by Crippen LogP contribution is 2.31. The van der Waals surface area contributed by atoms with Crippen molar-refractivity contribution in [2.75, 3.05) is 26.2 Å². The summed E-state index contributed by atoms with van der Waals surface area (Å²) in [6, 6.07) is 0.779. The molecule has 2 nitrogen and oxygen atoms in total. The van der Waals surface area contributed by atoms with Crippen LogP contribution in [0.3, 0.4) is 0 Å². The van der Waals surface area contributed by atoms with E-state index in [4.69, 9.17) is 0 Å². The lowest BCUT2D eigenvalue weighted by Crippen LogP contribution is -2.45. The van der Waals surface area contributed by atoms with Crippen molar-refractivity contribution in [1.29, 1.82) is 0 Å². The van der Waals surface area contributed by atoms with E-state index in [1.165, 1.54) is 71.0 Å². The van der Waals surface area contributed by atoms with Crippen LogP contribution in [0.15, 0.2) is 0 Å². The third-order valence-electron chi connectivity index (χ3n) is 5.84. The van der Waals surface area contributed by atoms with Crippen LogP contribution in [-0.2, 0) is 0 Å². The van der Waals surface area contributed by atoms with Crippen molar-refractivity contribution in [3.8, 4) is 0 Å². The standard InChI is InChI=1S/C19H38N2/c1-4-7-17-8-6-12-21(13-11-17)15-18-14-16(3)9-10-19(18)20-5-2/h16-20H,4-15H2,1-3H3. The van der Waals surface area contributed by atoms with Crippen LogP contribution in [0.5, 0.6) is 0 Å². The lowest BCUT2D eigenvalue weighted by molar-refractivity contribution is 0.147. The first-order valence-electron chi connectivity index (χ1n) is 9.68. The monoisotopic (exact) mass is 294 g/mol. The average Bonchev–Trinajstić information content (AvgIpc) is 2.68. The molecule has 0 radical (unpaired) electrons. The molecule has 4 unspecified atom stereocenters. The first-order chi connectivity index (χ1) is 10.2. The third-order valence-corrected chi connectivity index (χ3v) is 5.84. The van der Waals surface area contributed by atoms with Crippen molar-refractivity contribution in [2.45, 2.75) is 78.2 Å². The summed E-state index contributed by atoms with van der Waals surface area (Å²) < 4.78 is 0. The highest BCUT2D eigenvalue weighted by Gasteiger charge is 2.30. The molecule has 0 bridgehead atoms. The van der Waals surface area contributed by atoms with Crippen LogP contribution < -0.4 is 5.32 Å². The van der Waals surface area contributed by atoms with Crippen LogP contribution in [0.1, 0.15) is 72.1 Å². The second-order valence-corrected chi connectivity index (χ2v) is 7.73. The van der Waals surface area contributed by atoms with Gasteiger partial charge in [0.2, 0.25) is 0 Å². The first kappa shape index (κ1) is 17.3. The summed E-state index contributed by atoms with van der Waals surface area (Å²) in [4.78, 5) is 2.79. The summed E-state index contributed by atoms with van der Waals surface area (Å²) in [6.45, 7) is 12.2. The van der Waals surface area contributed by atoms with E-state index in [2.05, 4.69) is 31.0 Å². The van der Waals surface area contributed by atoms with Gasteiger partial charge in [0, 0.05) is 12.6 Å². The molecule has 2 aliphatic rings. The van der Waals surface area contributed by atoms with Crippen molar-refractivity contribution in [3.05, 3.63) is 0 Å². The van der Waals surface area contributed by atoms with Crippen LogP contribution in [0, 0.1) is 17.8 Å². The molecule has 4 atom stereocenters. The molecule has 2 fully saturated rings. The van der Waals surface area contributed by atoms with Gasteiger partial charge in [0.25, 0.3) is 0 Å². The maximum Gasteiger partial charge on any atom is 0.0108 e. The fraction of sp³-hybridized carbons (Fsp3) is 1.00. The minimum Gasteiger partial charge on any atom is -0.314 e. The summed E-state index contributed by atoms with van der Waals surface area (Å²) in [6.07, 6.45) is 11.4. The van der Waals surface area contributed by atoms with Gasteiger partial charge in [0.15, 0.2) is 0 Å². The number of nitrogens with zero attached hydrogens (tertiary/aromatic N) is 1. The Hall–Kier alpha value is -0.0800. The lowest BCUT2D eigenvalue weighted by Gasteiger charge is -2.38. The molecule has 0 aromatic carbocycles. The largest absolute Gasteiger partial charge is 0.314 e. The zero-order valence-electron chi connectivity index (χ0n) is 14.7. The van der Waals surface area contributed by atoms with Crippen molar-refractivity contribution in [3.63, 3.8) is 0 Å². The van der Waals surface area contributed by atoms with Crippen molar-refractivity contribution in [1.82, 2.24) is 10.2 Å². The Morgan fingerprint density at radius 2 is 1.90 bits per heavy atom. The van der Waals surface area contributed by atoms with Gasteiger partial charge in [-0.25, -0.2) is 0 Å². The zero-order valence-corrected chi connectivity index (χ0v) is 14.7. The number of nitrogens with one attached hydrogen (secondary N) is 1. The number of hydrogen-bond donors (Lipinski definition) is 1. The molecule has 124 valence electrons. The lowest BCUT2D eigenvalue weighted by atomic mass is 9.78. The fourth-order valence-electron chi connectivity index (χ4n) is 4.67. The predicted octanol–water partition coefficient (Wildman–Crippen LogP) is 4.30. The molecule has 1 heterocycles. The molecule has 2 heteroatoms. The molecule has 1 N–H and O–H groups in total. The van der Waals surface area contributed by atoms with E-state index < -0.39 is 0 Å². The first-order valence-corrected chi connectivity index (χ1v) is 9.68. The van der Waals surface area contributed by atoms with Gasteiger partial charge >= 0.3 is 0 Å². The number of rotatable bonds is 6. The van der Waals surface area contributed by atoms with Gasteiger partial charge in [-0.3, -0.25) is 0 Å². The van der Waals surface area contributed by atoms with Crippen molar-refractivity contribution < 1.29 is 0 Å². The molecular formula is C19H38N2. The molecular weight excluding hydrogens is 256 g/mol. The Morgan fingerprint density at radius 1 is 1.05 bits per heavy atom. The molecule has 1 aliphatic heterocycles. The summed E-state index contributed by atoms with van der Waals surface area (Å²) in [5.74, 6) is 2.83. The third kappa shape index (κ3) is 5.56. The van der Waals surface area contributed by atoms with E-state index in [0.29, 0.717) is 0 Å². The molecule has 0 aromatic rings. The Morgan fingerprint density at radius 3 is 2.67 bits per heavy atom. The summed E-state index contributed by atoms with van der Waals surface area (Å²) >= 11 is 0. The Balaban J connectivity index is 1.83. The summed E-state index contributed by atoms with van der Waals surface area (Å²) in [7, 11) is 0. The van der Waals surface area contributed by atoms with E-state index in [1.54, 1.807) is 0 Å². The molecule has 0 amide bonds. The average molecular weight is 295 g/mol. The second-order valence-electron chi connectivity index (χ2n) is 7.73. The summed E-state index contributed by atoms with van der Waals surface area (Å²) in [5, 5.41) is 3.76. The van der Waals surface area contributed by atoms with Crippen molar-refractivity contribution >= 4 is 0 Å². The van der Waals surface area contributed by atoms with E-state index in [1.807, 2.05) is 0 Å². The maximum atomic E-state index is 3.76. The van der Waals surface area contributed by atoms with E-state index in [9.17, 15) is 0 Å². The molecule has 1 saturated heterocycles. The van der Waals surface area contributed by atoms with Crippen LogP contribution >= 0.6 is 0 Å². The molecule has 1 aliphatic carbocycles. The SMILES string of the molecule is CCCC1CCCN(CC2CC(C)CCC2NCC)CC1. The summed E-state index contributed by atoms with van der Waals surface area (Å²) in [5.41, 5.74) is 0. The fourth-order valence-corrected chi connectivity index (χ4v) is 4.67. The topological polar surface area (TPSA) is 15.3 Å². The minimum atomic E-state index is 0.779. The van der Waals surface area contributed by atoms with E-state index >= 15 is 0 Å². The number of hydrogen-bond acceptors (Lipinski definition) is 2. The smallest absolute Gasteiger partial charge is 0.0108 e. The van der Waals surface area contributed by atoms with E-state index in [-0.39, 0.29) is 0 Å². The molecule has 21 heavy (non-hydrogen) atoms. The van der Waals surface area contributed by atoms with E-state index in [0.717, 1.165) is 30.3 Å². The zero-order chi connectivity index (χ0) is 15.1. The van der Waals surface area contributed by atoms with Crippen molar-refractivity contribution in [2.24, 2.45) is 17.8 Å². The minimum absolute atomic E-state index is 0.779. The Labute approximate surface area is 133 Å². The van der Waals surface area contributed by atoms with Gasteiger partial charge in [-0.15, -0.1) is 0 Å². The quantitative estimate of drug-likeness (QED) is 0.785. The highest BCUT2D eigenvalue weighted by atomic mass is 15.1.